The standard InChI is InChI=1S/C29H32N6O3/c1-18-29(38)34(3)26-17-30-27(16-25(26)35(18)24-9-4-5-10-24)32-23-8-6-7-20(15-23)28(37)33-22-13-11-21(12-14-22)31-19(2)36/h6-8,11-18,24H,4-5,9-10H2,1-3H3,(H,30,32)(H,31,36)(H,33,37). The van der Waals surface area contributed by atoms with Crippen molar-refractivity contribution in [3.8, 4) is 0 Å². The normalized spacial score (nSPS) is 17.2. The lowest BCUT2D eigenvalue weighted by molar-refractivity contribution is -0.119. The second kappa shape index (κ2) is 10.5. The van der Waals surface area contributed by atoms with Gasteiger partial charge in [-0.3, -0.25) is 14.4 Å². The fourth-order valence-electron chi connectivity index (χ4n) is 5.32. The summed E-state index contributed by atoms with van der Waals surface area (Å²) in [5.74, 6) is 0.324. The number of hydrogen-bond donors (Lipinski definition) is 3. The fraction of sp³-hybridized carbons (Fsp3) is 0.310. The van der Waals surface area contributed by atoms with Gasteiger partial charge in [0.15, 0.2) is 0 Å². The molecule has 9 heteroatoms. The predicted molar refractivity (Wildman–Crippen MR) is 150 cm³/mol. The summed E-state index contributed by atoms with van der Waals surface area (Å²) in [7, 11) is 1.80. The van der Waals surface area contributed by atoms with Crippen LogP contribution in [0.1, 0.15) is 49.9 Å². The lowest BCUT2D eigenvalue weighted by atomic mass is 10.0. The van der Waals surface area contributed by atoms with E-state index in [4.69, 9.17) is 0 Å². The average Bonchev–Trinajstić information content (AvgIpc) is 3.43. The molecule has 9 nitrogen and oxygen atoms in total. The Kier molecular flexibility index (Phi) is 7.00. The van der Waals surface area contributed by atoms with Crippen LogP contribution in [-0.4, -0.2) is 41.8 Å². The minimum absolute atomic E-state index is 0.0791. The third kappa shape index (κ3) is 5.18. The molecule has 1 saturated carbocycles. The van der Waals surface area contributed by atoms with E-state index < -0.39 is 0 Å². The summed E-state index contributed by atoms with van der Waals surface area (Å²) in [6.07, 6.45) is 6.26. The Morgan fingerprint density at radius 1 is 0.921 bits per heavy atom. The van der Waals surface area contributed by atoms with Gasteiger partial charge in [0.1, 0.15) is 11.9 Å². The molecule has 2 aliphatic rings. The molecule has 5 rings (SSSR count). The number of nitrogens with one attached hydrogen (secondary N) is 3. The van der Waals surface area contributed by atoms with Gasteiger partial charge in [-0.25, -0.2) is 4.98 Å². The highest BCUT2D eigenvalue weighted by Gasteiger charge is 2.38. The van der Waals surface area contributed by atoms with Crippen molar-refractivity contribution >= 4 is 52.0 Å². The maximum absolute atomic E-state index is 12.9. The zero-order valence-electron chi connectivity index (χ0n) is 21.8. The van der Waals surface area contributed by atoms with Gasteiger partial charge in [-0.05, 0) is 62.2 Å². The molecule has 3 aromatic rings. The third-order valence-electron chi connectivity index (χ3n) is 7.18. The molecular formula is C29H32N6O3. The molecule has 1 atom stereocenters. The van der Waals surface area contributed by atoms with Crippen molar-refractivity contribution in [1.29, 1.82) is 0 Å². The first kappa shape index (κ1) is 25.3. The SMILES string of the molecule is CC(=O)Nc1ccc(NC(=O)c2cccc(Nc3cc4c(cn3)N(C)C(=O)C(C)N4C3CCCC3)c2)cc1. The van der Waals surface area contributed by atoms with Crippen molar-refractivity contribution in [3.05, 3.63) is 66.4 Å². The van der Waals surface area contributed by atoms with E-state index in [9.17, 15) is 14.4 Å². The summed E-state index contributed by atoms with van der Waals surface area (Å²) in [4.78, 5) is 45.5. The van der Waals surface area contributed by atoms with Crippen LogP contribution < -0.4 is 25.8 Å². The molecule has 1 aliphatic carbocycles. The number of nitrogens with zero attached hydrogens (tertiary/aromatic N) is 3. The Morgan fingerprint density at radius 3 is 2.29 bits per heavy atom. The number of benzene rings is 2. The van der Waals surface area contributed by atoms with Crippen LogP contribution in [-0.2, 0) is 9.59 Å². The van der Waals surface area contributed by atoms with Crippen LogP contribution in [0.15, 0.2) is 60.8 Å². The zero-order valence-corrected chi connectivity index (χ0v) is 21.8. The molecule has 1 unspecified atom stereocenters. The molecule has 0 bridgehead atoms. The lowest BCUT2D eigenvalue weighted by Crippen LogP contribution is -2.54. The molecule has 1 aromatic heterocycles. The van der Waals surface area contributed by atoms with Crippen LogP contribution in [0.5, 0.6) is 0 Å². The first-order valence-electron chi connectivity index (χ1n) is 12.9. The molecule has 196 valence electrons. The minimum Gasteiger partial charge on any atom is -0.355 e. The fourth-order valence-corrected chi connectivity index (χ4v) is 5.32. The summed E-state index contributed by atoms with van der Waals surface area (Å²) < 4.78 is 0. The van der Waals surface area contributed by atoms with Gasteiger partial charge in [0.05, 0.1) is 17.6 Å². The number of pyridine rings is 1. The third-order valence-corrected chi connectivity index (χ3v) is 7.18. The molecule has 38 heavy (non-hydrogen) atoms. The van der Waals surface area contributed by atoms with Gasteiger partial charge in [-0.15, -0.1) is 0 Å². The topological polar surface area (TPSA) is 107 Å². The van der Waals surface area contributed by atoms with Crippen LogP contribution in [0.4, 0.5) is 34.3 Å². The van der Waals surface area contributed by atoms with Crippen LogP contribution in [0, 0.1) is 0 Å². The first-order chi connectivity index (χ1) is 18.3. The Morgan fingerprint density at radius 2 is 1.61 bits per heavy atom. The smallest absolute Gasteiger partial charge is 0.255 e. The number of fused-ring (bicyclic) bond motifs is 1. The quantitative estimate of drug-likeness (QED) is 0.422. The summed E-state index contributed by atoms with van der Waals surface area (Å²) in [5, 5.41) is 8.92. The second-order valence-electron chi connectivity index (χ2n) is 9.90. The van der Waals surface area contributed by atoms with Gasteiger partial charge in [-0.1, -0.05) is 18.9 Å². The number of hydrogen-bond acceptors (Lipinski definition) is 6. The van der Waals surface area contributed by atoms with E-state index in [0.29, 0.717) is 28.8 Å². The molecule has 2 aromatic carbocycles. The van der Waals surface area contributed by atoms with Crippen molar-refractivity contribution < 1.29 is 14.4 Å². The monoisotopic (exact) mass is 512 g/mol. The molecule has 0 radical (unpaired) electrons. The van der Waals surface area contributed by atoms with Crippen LogP contribution in [0.3, 0.4) is 0 Å². The first-order valence-corrected chi connectivity index (χ1v) is 12.9. The largest absolute Gasteiger partial charge is 0.355 e. The van der Waals surface area contributed by atoms with Gasteiger partial charge in [0, 0.05) is 48.7 Å². The number of likely N-dealkylation sites (N-methyl/N-ethyl adjacent to an activating group) is 1. The van der Waals surface area contributed by atoms with Crippen LogP contribution >= 0.6 is 0 Å². The van der Waals surface area contributed by atoms with E-state index in [1.165, 1.54) is 19.8 Å². The zero-order chi connectivity index (χ0) is 26.8. The molecule has 0 spiro atoms. The van der Waals surface area contributed by atoms with Gasteiger partial charge in [0.25, 0.3) is 5.91 Å². The molecule has 1 fully saturated rings. The number of aromatic nitrogens is 1. The van der Waals surface area contributed by atoms with Gasteiger partial charge in [0.2, 0.25) is 11.8 Å². The van der Waals surface area contributed by atoms with E-state index in [-0.39, 0.29) is 23.8 Å². The van der Waals surface area contributed by atoms with E-state index in [2.05, 4.69) is 25.8 Å². The van der Waals surface area contributed by atoms with Crippen molar-refractivity contribution in [1.82, 2.24) is 4.98 Å². The summed E-state index contributed by atoms with van der Waals surface area (Å²) >= 11 is 0. The van der Waals surface area contributed by atoms with E-state index in [1.54, 1.807) is 54.5 Å². The van der Waals surface area contributed by atoms with E-state index in [0.717, 1.165) is 29.9 Å². The highest BCUT2D eigenvalue weighted by atomic mass is 16.2. The summed E-state index contributed by atoms with van der Waals surface area (Å²) in [5.41, 5.74) is 4.32. The Labute approximate surface area is 222 Å². The molecule has 3 amide bonds. The highest BCUT2D eigenvalue weighted by molar-refractivity contribution is 6.06. The van der Waals surface area contributed by atoms with E-state index >= 15 is 0 Å². The lowest BCUT2D eigenvalue weighted by Gasteiger charge is -2.43. The maximum atomic E-state index is 12.9. The minimum atomic E-state index is -0.249. The van der Waals surface area contributed by atoms with Gasteiger partial charge in [-0.2, -0.15) is 0 Å². The predicted octanol–water partition coefficient (Wildman–Crippen LogP) is 5.15. The van der Waals surface area contributed by atoms with Crippen molar-refractivity contribution in [2.75, 3.05) is 32.8 Å². The molecular weight excluding hydrogens is 480 g/mol. The Hall–Kier alpha value is -4.40. The van der Waals surface area contributed by atoms with Crippen molar-refractivity contribution in [3.63, 3.8) is 0 Å². The van der Waals surface area contributed by atoms with Crippen LogP contribution in [0.2, 0.25) is 0 Å². The Bertz CT molecular complexity index is 1370. The number of carbonyl (C=O) groups is 3. The van der Waals surface area contributed by atoms with Crippen molar-refractivity contribution in [2.45, 2.75) is 51.6 Å². The molecule has 0 saturated heterocycles. The number of amides is 3. The number of carbonyl (C=O) groups excluding carboxylic acids is 3. The molecule has 1 aliphatic heterocycles. The Balaban J connectivity index is 1.34. The molecule has 2 heterocycles. The highest BCUT2D eigenvalue weighted by Crippen LogP contribution is 2.41. The maximum Gasteiger partial charge on any atom is 0.255 e. The van der Waals surface area contributed by atoms with Crippen LogP contribution in [0.25, 0.3) is 0 Å². The molecule has 3 N–H and O–H groups in total. The summed E-state index contributed by atoms with van der Waals surface area (Å²) in [6.45, 7) is 3.42. The van der Waals surface area contributed by atoms with E-state index in [1.807, 2.05) is 25.1 Å². The number of rotatable bonds is 6. The van der Waals surface area contributed by atoms with Gasteiger partial charge < -0.3 is 25.8 Å². The number of anilines is 6. The second-order valence-corrected chi connectivity index (χ2v) is 9.90. The summed E-state index contributed by atoms with van der Waals surface area (Å²) in [6, 6.07) is 16.3. The average molecular weight is 513 g/mol. The van der Waals surface area contributed by atoms with Crippen molar-refractivity contribution in [2.24, 2.45) is 0 Å². The van der Waals surface area contributed by atoms with Gasteiger partial charge >= 0.3 is 0 Å².